The van der Waals surface area contributed by atoms with E-state index in [0.717, 1.165) is 25.3 Å². The van der Waals surface area contributed by atoms with E-state index in [1.165, 1.54) is 5.56 Å². The summed E-state index contributed by atoms with van der Waals surface area (Å²) >= 11 is 0. The summed E-state index contributed by atoms with van der Waals surface area (Å²) in [5, 5.41) is 11.8. The third kappa shape index (κ3) is 5.17. The molecule has 1 atom stereocenters. The van der Waals surface area contributed by atoms with E-state index in [-0.39, 0.29) is 6.61 Å². The van der Waals surface area contributed by atoms with Crippen LogP contribution in [0.3, 0.4) is 0 Å². The van der Waals surface area contributed by atoms with Gasteiger partial charge in [-0.1, -0.05) is 12.1 Å². The van der Waals surface area contributed by atoms with E-state index in [1.54, 1.807) is 7.11 Å². The molecule has 1 unspecified atom stereocenters. The summed E-state index contributed by atoms with van der Waals surface area (Å²) in [5.74, 6) is 0.729. The molecule has 0 aliphatic rings. The molecule has 0 aliphatic heterocycles. The quantitative estimate of drug-likeness (QED) is 0.717. The van der Waals surface area contributed by atoms with Gasteiger partial charge in [-0.25, -0.2) is 0 Å². The molecule has 1 aromatic carbocycles. The van der Waals surface area contributed by atoms with Crippen LogP contribution in [0.4, 0.5) is 0 Å². The number of benzene rings is 1. The van der Waals surface area contributed by atoms with Crippen molar-refractivity contribution in [3.63, 3.8) is 0 Å². The molecular formula is C14H20N2O2. The summed E-state index contributed by atoms with van der Waals surface area (Å²) in [5.41, 5.74) is 1.21. The molecule has 4 nitrogen and oxygen atoms in total. The smallest absolute Gasteiger partial charge is 0.174 e. The first kappa shape index (κ1) is 14.5. The van der Waals surface area contributed by atoms with Crippen LogP contribution in [-0.4, -0.2) is 26.9 Å². The maximum absolute atomic E-state index is 8.42. The molecule has 1 N–H and O–H groups in total. The molecule has 0 aliphatic carbocycles. The Morgan fingerprint density at radius 2 is 2.06 bits per heavy atom. The first-order chi connectivity index (χ1) is 8.77. The van der Waals surface area contributed by atoms with E-state index in [4.69, 9.17) is 14.7 Å². The van der Waals surface area contributed by atoms with Crippen LogP contribution < -0.4 is 10.1 Å². The summed E-state index contributed by atoms with van der Waals surface area (Å²) in [4.78, 5) is 0. The SMILES string of the molecule is COCCCNC(C)c1ccc(OCC#N)cc1. The Bertz CT molecular complexity index is 370. The lowest BCUT2D eigenvalue weighted by Gasteiger charge is -2.14. The van der Waals surface area contributed by atoms with Crippen molar-refractivity contribution in [2.75, 3.05) is 26.9 Å². The minimum Gasteiger partial charge on any atom is -0.479 e. The van der Waals surface area contributed by atoms with Crippen molar-refractivity contribution in [1.29, 1.82) is 5.26 Å². The van der Waals surface area contributed by atoms with E-state index in [0.29, 0.717) is 6.04 Å². The summed E-state index contributed by atoms with van der Waals surface area (Å²) in [6.45, 7) is 3.92. The number of hydrogen-bond donors (Lipinski definition) is 1. The number of ether oxygens (including phenoxy) is 2. The Balaban J connectivity index is 2.39. The summed E-state index contributed by atoms with van der Waals surface area (Å²) in [6.07, 6.45) is 1.00. The van der Waals surface area contributed by atoms with Crippen LogP contribution in [0.1, 0.15) is 24.9 Å². The van der Waals surface area contributed by atoms with Gasteiger partial charge in [0.05, 0.1) is 0 Å². The lowest BCUT2D eigenvalue weighted by molar-refractivity contribution is 0.193. The molecular weight excluding hydrogens is 228 g/mol. The normalized spacial score (nSPS) is 11.8. The van der Waals surface area contributed by atoms with Crippen LogP contribution in [0, 0.1) is 11.3 Å². The highest BCUT2D eigenvalue weighted by atomic mass is 16.5. The standard InChI is InChI=1S/C14H20N2O2/c1-12(16-9-3-10-17-2)13-4-6-14(7-5-13)18-11-8-15/h4-7,12,16H,3,9-11H2,1-2H3. The van der Waals surface area contributed by atoms with E-state index in [2.05, 4.69) is 12.2 Å². The lowest BCUT2D eigenvalue weighted by atomic mass is 10.1. The van der Waals surface area contributed by atoms with Gasteiger partial charge in [0.15, 0.2) is 6.61 Å². The highest BCUT2D eigenvalue weighted by Crippen LogP contribution is 2.17. The maximum atomic E-state index is 8.42. The van der Waals surface area contributed by atoms with Gasteiger partial charge in [-0.3, -0.25) is 0 Å². The van der Waals surface area contributed by atoms with Gasteiger partial charge in [-0.2, -0.15) is 5.26 Å². The second-order valence-corrected chi connectivity index (χ2v) is 4.04. The Hall–Kier alpha value is -1.57. The molecule has 98 valence electrons. The summed E-state index contributed by atoms with van der Waals surface area (Å²) < 4.78 is 10.2. The average Bonchev–Trinajstić information content (AvgIpc) is 2.41. The average molecular weight is 248 g/mol. The molecule has 0 fully saturated rings. The van der Waals surface area contributed by atoms with Crippen molar-refractivity contribution in [2.24, 2.45) is 0 Å². The number of nitriles is 1. The maximum Gasteiger partial charge on any atom is 0.174 e. The largest absolute Gasteiger partial charge is 0.479 e. The van der Waals surface area contributed by atoms with Gasteiger partial charge in [0.25, 0.3) is 0 Å². The first-order valence-corrected chi connectivity index (χ1v) is 6.10. The fraction of sp³-hybridized carbons (Fsp3) is 0.500. The van der Waals surface area contributed by atoms with Crippen molar-refractivity contribution in [3.8, 4) is 11.8 Å². The van der Waals surface area contributed by atoms with Gasteiger partial charge >= 0.3 is 0 Å². The van der Waals surface area contributed by atoms with Crippen LogP contribution >= 0.6 is 0 Å². The van der Waals surface area contributed by atoms with Gasteiger partial charge < -0.3 is 14.8 Å². The van der Waals surface area contributed by atoms with Crippen molar-refractivity contribution in [1.82, 2.24) is 5.32 Å². The monoisotopic (exact) mass is 248 g/mol. The van der Waals surface area contributed by atoms with Crippen molar-refractivity contribution < 1.29 is 9.47 Å². The minimum absolute atomic E-state index is 0.0875. The molecule has 0 bridgehead atoms. The van der Waals surface area contributed by atoms with Gasteiger partial charge in [0, 0.05) is 19.8 Å². The van der Waals surface area contributed by atoms with E-state index in [1.807, 2.05) is 30.3 Å². The van der Waals surface area contributed by atoms with Crippen LogP contribution in [0.15, 0.2) is 24.3 Å². The Morgan fingerprint density at radius 3 is 2.67 bits per heavy atom. The Kier molecular flexibility index (Phi) is 6.85. The number of nitrogens with one attached hydrogen (secondary N) is 1. The van der Waals surface area contributed by atoms with E-state index in [9.17, 15) is 0 Å². The Morgan fingerprint density at radius 1 is 1.33 bits per heavy atom. The molecule has 4 heteroatoms. The number of hydrogen-bond acceptors (Lipinski definition) is 4. The highest BCUT2D eigenvalue weighted by molar-refractivity contribution is 5.29. The van der Waals surface area contributed by atoms with Crippen LogP contribution in [0.5, 0.6) is 5.75 Å². The summed E-state index contributed by atoms with van der Waals surface area (Å²) in [7, 11) is 1.71. The van der Waals surface area contributed by atoms with Crippen molar-refractivity contribution in [2.45, 2.75) is 19.4 Å². The van der Waals surface area contributed by atoms with Crippen LogP contribution in [-0.2, 0) is 4.74 Å². The molecule has 0 saturated heterocycles. The third-order valence-corrected chi connectivity index (χ3v) is 2.66. The zero-order chi connectivity index (χ0) is 13.2. The summed E-state index contributed by atoms with van der Waals surface area (Å²) in [6, 6.07) is 10.1. The molecule has 0 amide bonds. The fourth-order valence-corrected chi connectivity index (χ4v) is 1.62. The molecule has 0 radical (unpaired) electrons. The molecule has 1 rings (SSSR count). The van der Waals surface area contributed by atoms with Gasteiger partial charge in [0.2, 0.25) is 0 Å². The number of nitrogens with zero attached hydrogens (tertiary/aromatic N) is 1. The number of rotatable bonds is 8. The zero-order valence-corrected chi connectivity index (χ0v) is 11.0. The van der Waals surface area contributed by atoms with Crippen LogP contribution in [0.25, 0.3) is 0 Å². The minimum atomic E-state index is 0.0875. The fourth-order valence-electron chi connectivity index (χ4n) is 1.62. The van der Waals surface area contributed by atoms with Gasteiger partial charge in [-0.15, -0.1) is 0 Å². The topological polar surface area (TPSA) is 54.3 Å². The Labute approximate surface area is 109 Å². The number of methoxy groups -OCH3 is 1. The highest BCUT2D eigenvalue weighted by Gasteiger charge is 2.04. The van der Waals surface area contributed by atoms with E-state index >= 15 is 0 Å². The lowest BCUT2D eigenvalue weighted by Crippen LogP contribution is -2.20. The second-order valence-electron chi connectivity index (χ2n) is 4.04. The second kappa shape index (κ2) is 8.51. The van der Waals surface area contributed by atoms with Gasteiger partial charge in [0.1, 0.15) is 11.8 Å². The molecule has 0 heterocycles. The van der Waals surface area contributed by atoms with Gasteiger partial charge in [-0.05, 0) is 37.6 Å². The van der Waals surface area contributed by atoms with Crippen molar-refractivity contribution in [3.05, 3.63) is 29.8 Å². The van der Waals surface area contributed by atoms with E-state index < -0.39 is 0 Å². The van der Waals surface area contributed by atoms with Crippen LogP contribution in [0.2, 0.25) is 0 Å². The molecule has 1 aromatic rings. The zero-order valence-electron chi connectivity index (χ0n) is 11.0. The predicted molar refractivity (Wildman–Crippen MR) is 70.5 cm³/mol. The predicted octanol–water partition coefficient (Wildman–Crippen LogP) is 2.28. The first-order valence-electron chi connectivity index (χ1n) is 6.10. The molecule has 0 saturated carbocycles. The van der Waals surface area contributed by atoms with Crippen molar-refractivity contribution >= 4 is 0 Å². The third-order valence-electron chi connectivity index (χ3n) is 2.66. The molecule has 0 spiro atoms. The molecule has 0 aromatic heterocycles. The molecule has 18 heavy (non-hydrogen) atoms.